The molecule has 0 bridgehead atoms. The molecule has 164 valence electrons. The molecule has 7 nitrogen and oxygen atoms in total. The van der Waals surface area contributed by atoms with Gasteiger partial charge in [-0.05, 0) is 76.0 Å². The number of hydrogen-bond acceptors (Lipinski definition) is 6. The number of hydrogen-bond donors (Lipinski definition) is 2. The maximum Gasteiger partial charge on any atom is 0.315 e. The van der Waals surface area contributed by atoms with Gasteiger partial charge in [0.1, 0.15) is 0 Å². The summed E-state index contributed by atoms with van der Waals surface area (Å²) in [6.07, 6.45) is 9.39. The number of carbonyl (C=O) groups excluding carboxylic acids is 1. The molecular weight excluding hydrogens is 402 g/mol. The molecule has 0 unspecified atom stereocenters. The van der Waals surface area contributed by atoms with E-state index in [1.54, 1.807) is 0 Å². The van der Waals surface area contributed by atoms with Gasteiger partial charge < -0.3 is 20.0 Å². The maximum atomic E-state index is 12.2. The predicted octanol–water partition coefficient (Wildman–Crippen LogP) is 4.58. The molecule has 1 amide bonds. The molecule has 1 aliphatic heterocycles. The van der Waals surface area contributed by atoms with Crippen molar-refractivity contribution in [1.29, 1.82) is 0 Å². The number of carbonyl (C=O) groups is 1. The number of rotatable bonds is 8. The van der Waals surface area contributed by atoms with Crippen molar-refractivity contribution in [2.45, 2.75) is 51.4 Å². The number of amides is 1. The molecule has 8 heteroatoms. The Labute approximate surface area is 184 Å². The minimum Gasteiger partial charge on any atom is -0.403 e. The van der Waals surface area contributed by atoms with Gasteiger partial charge in [-0.3, -0.25) is 4.79 Å². The fourth-order valence-corrected chi connectivity index (χ4v) is 4.22. The summed E-state index contributed by atoms with van der Waals surface area (Å²) in [4.78, 5) is 14.8. The monoisotopic (exact) mass is 433 g/mol. The number of aromatic nitrogens is 2. The number of likely N-dealkylation sites (tertiary alicyclic amines) is 1. The van der Waals surface area contributed by atoms with E-state index in [1.807, 2.05) is 24.3 Å². The first-order valence-corrected chi connectivity index (χ1v) is 11.0. The van der Waals surface area contributed by atoms with Crippen molar-refractivity contribution in [3.8, 4) is 11.5 Å². The van der Waals surface area contributed by atoms with Crippen LogP contribution >= 0.6 is 12.4 Å². The highest BCUT2D eigenvalue weighted by atomic mass is 35.5. The van der Waals surface area contributed by atoms with Crippen molar-refractivity contribution >= 4 is 30.0 Å². The van der Waals surface area contributed by atoms with Crippen LogP contribution in [0.1, 0.15) is 51.4 Å². The van der Waals surface area contributed by atoms with Crippen LogP contribution in [0.4, 0.5) is 11.7 Å². The Morgan fingerprint density at radius 2 is 1.77 bits per heavy atom. The molecule has 4 rings (SSSR count). The van der Waals surface area contributed by atoms with Gasteiger partial charge in [-0.1, -0.05) is 24.4 Å². The first kappa shape index (κ1) is 22.6. The molecule has 30 heavy (non-hydrogen) atoms. The van der Waals surface area contributed by atoms with Gasteiger partial charge >= 0.3 is 6.01 Å². The van der Waals surface area contributed by atoms with Gasteiger partial charge in [-0.25, -0.2) is 0 Å². The Bertz CT molecular complexity index is 783. The lowest BCUT2D eigenvalue weighted by molar-refractivity contribution is -0.119. The van der Waals surface area contributed by atoms with E-state index in [9.17, 15) is 4.79 Å². The lowest BCUT2D eigenvalue weighted by Crippen LogP contribution is -2.31. The second kappa shape index (κ2) is 11.3. The fourth-order valence-electron chi connectivity index (χ4n) is 4.22. The molecular formula is C22H32ClN5O2. The van der Waals surface area contributed by atoms with Crippen LogP contribution in [0, 0.1) is 5.92 Å². The largest absolute Gasteiger partial charge is 0.403 e. The standard InChI is InChI=1S/C22H31N5O2.ClH/c28-20(17-7-2-3-8-17)24-19-11-9-18(10-12-19)21-25-26-22(29-21)23-13-6-16-27-14-4-1-5-15-27;/h9-12,17H,1-8,13-16H2,(H,23,26)(H,24,28);1H. The predicted molar refractivity (Wildman–Crippen MR) is 121 cm³/mol. The third kappa shape index (κ3) is 6.19. The number of anilines is 2. The van der Waals surface area contributed by atoms with Crippen molar-refractivity contribution in [2.75, 3.05) is 36.8 Å². The van der Waals surface area contributed by atoms with E-state index >= 15 is 0 Å². The molecule has 0 spiro atoms. The molecule has 2 heterocycles. The van der Waals surface area contributed by atoms with Gasteiger partial charge in [-0.2, -0.15) is 0 Å². The normalized spacial score (nSPS) is 17.5. The zero-order valence-corrected chi connectivity index (χ0v) is 18.3. The van der Waals surface area contributed by atoms with E-state index in [4.69, 9.17) is 4.42 Å². The molecule has 1 aromatic carbocycles. The number of piperidine rings is 1. The minimum atomic E-state index is 0. The molecule has 2 aliphatic rings. The van der Waals surface area contributed by atoms with Crippen molar-refractivity contribution < 1.29 is 9.21 Å². The Hall–Kier alpha value is -2.12. The average molecular weight is 434 g/mol. The number of benzene rings is 1. The van der Waals surface area contributed by atoms with Crippen LogP contribution in [0.2, 0.25) is 0 Å². The van der Waals surface area contributed by atoms with Gasteiger partial charge in [0, 0.05) is 23.7 Å². The Morgan fingerprint density at radius 1 is 1.03 bits per heavy atom. The maximum absolute atomic E-state index is 12.2. The van der Waals surface area contributed by atoms with E-state index in [1.165, 1.54) is 32.4 Å². The van der Waals surface area contributed by atoms with Crippen molar-refractivity contribution in [3.05, 3.63) is 24.3 Å². The van der Waals surface area contributed by atoms with E-state index in [0.717, 1.165) is 56.4 Å². The summed E-state index contributed by atoms with van der Waals surface area (Å²) in [5.74, 6) is 0.774. The van der Waals surface area contributed by atoms with Crippen molar-refractivity contribution in [2.24, 2.45) is 5.92 Å². The Morgan fingerprint density at radius 3 is 2.50 bits per heavy atom. The second-order valence-corrected chi connectivity index (χ2v) is 8.14. The number of nitrogens with zero attached hydrogens (tertiary/aromatic N) is 3. The Balaban J connectivity index is 0.00000256. The Kier molecular flexibility index (Phi) is 8.51. The number of nitrogens with one attached hydrogen (secondary N) is 2. The summed E-state index contributed by atoms with van der Waals surface area (Å²) in [5.41, 5.74) is 1.65. The highest BCUT2D eigenvalue weighted by Gasteiger charge is 2.22. The molecule has 2 aromatic rings. The van der Waals surface area contributed by atoms with Crippen LogP contribution in [0.25, 0.3) is 11.5 Å². The zero-order chi connectivity index (χ0) is 19.9. The average Bonchev–Trinajstić information content (AvgIpc) is 3.45. The molecule has 2 fully saturated rings. The van der Waals surface area contributed by atoms with Crippen LogP contribution in [-0.2, 0) is 4.79 Å². The summed E-state index contributed by atoms with van der Waals surface area (Å²) >= 11 is 0. The van der Waals surface area contributed by atoms with Crippen LogP contribution in [0.5, 0.6) is 0 Å². The van der Waals surface area contributed by atoms with Crippen molar-refractivity contribution in [1.82, 2.24) is 15.1 Å². The van der Waals surface area contributed by atoms with Crippen LogP contribution in [0.3, 0.4) is 0 Å². The highest BCUT2D eigenvalue weighted by molar-refractivity contribution is 5.92. The zero-order valence-electron chi connectivity index (χ0n) is 17.4. The molecule has 1 saturated heterocycles. The fraction of sp³-hybridized carbons (Fsp3) is 0.591. The van der Waals surface area contributed by atoms with Gasteiger partial charge in [0.15, 0.2) is 0 Å². The molecule has 0 radical (unpaired) electrons. The molecule has 2 N–H and O–H groups in total. The van der Waals surface area contributed by atoms with Gasteiger partial charge in [-0.15, -0.1) is 17.5 Å². The van der Waals surface area contributed by atoms with Crippen LogP contribution in [0.15, 0.2) is 28.7 Å². The van der Waals surface area contributed by atoms with Gasteiger partial charge in [0.25, 0.3) is 0 Å². The quantitative estimate of drug-likeness (QED) is 0.593. The molecule has 1 saturated carbocycles. The van der Waals surface area contributed by atoms with E-state index < -0.39 is 0 Å². The SMILES string of the molecule is Cl.O=C(Nc1ccc(-c2nnc(NCCCN3CCCCC3)o2)cc1)C1CCCC1. The van der Waals surface area contributed by atoms with Crippen LogP contribution < -0.4 is 10.6 Å². The third-order valence-corrected chi connectivity index (χ3v) is 5.93. The molecule has 1 aliphatic carbocycles. The van der Waals surface area contributed by atoms with Crippen molar-refractivity contribution in [3.63, 3.8) is 0 Å². The van der Waals surface area contributed by atoms with E-state index in [-0.39, 0.29) is 24.2 Å². The minimum absolute atomic E-state index is 0. The first-order valence-electron chi connectivity index (χ1n) is 11.0. The third-order valence-electron chi connectivity index (χ3n) is 5.93. The van der Waals surface area contributed by atoms with Gasteiger partial charge in [0.05, 0.1) is 0 Å². The second-order valence-electron chi connectivity index (χ2n) is 8.14. The lowest BCUT2D eigenvalue weighted by atomic mass is 10.1. The van der Waals surface area contributed by atoms with E-state index in [2.05, 4.69) is 25.7 Å². The molecule has 1 aromatic heterocycles. The smallest absolute Gasteiger partial charge is 0.315 e. The lowest BCUT2D eigenvalue weighted by Gasteiger charge is -2.26. The number of halogens is 1. The molecule has 0 atom stereocenters. The summed E-state index contributed by atoms with van der Waals surface area (Å²) in [7, 11) is 0. The summed E-state index contributed by atoms with van der Waals surface area (Å²) in [6, 6.07) is 8.03. The van der Waals surface area contributed by atoms with Crippen LogP contribution in [-0.4, -0.2) is 47.2 Å². The summed E-state index contributed by atoms with van der Waals surface area (Å²) in [6.45, 7) is 4.38. The van der Waals surface area contributed by atoms with E-state index in [0.29, 0.717) is 11.9 Å². The summed E-state index contributed by atoms with van der Waals surface area (Å²) in [5, 5.41) is 14.4. The van der Waals surface area contributed by atoms with Gasteiger partial charge in [0.2, 0.25) is 11.8 Å². The highest BCUT2D eigenvalue weighted by Crippen LogP contribution is 2.27. The summed E-state index contributed by atoms with van der Waals surface area (Å²) < 4.78 is 5.73. The first-order chi connectivity index (χ1) is 14.3. The topological polar surface area (TPSA) is 83.3 Å².